The summed E-state index contributed by atoms with van der Waals surface area (Å²) in [6, 6.07) is 0. The van der Waals surface area contributed by atoms with Crippen molar-refractivity contribution >= 4 is 12.9 Å². The average Bonchev–Trinajstić information content (AvgIpc) is 2.12. The molecule has 0 aliphatic carbocycles. The standard InChI is InChI=1S/C10H16N2O/c1-5-12-8-10(7-11-4)9(3)13-6-2/h7-8H,3-6H2,1-2H3/b10-7+,12-8?. The number of allylic oxidation sites excluding steroid dienone is 1. The van der Waals surface area contributed by atoms with Crippen LogP contribution in [0.1, 0.15) is 13.8 Å². The Hall–Kier alpha value is -1.38. The molecule has 0 aromatic carbocycles. The lowest BCUT2D eigenvalue weighted by atomic mass is 10.3. The van der Waals surface area contributed by atoms with E-state index in [0.29, 0.717) is 12.4 Å². The Kier molecular flexibility index (Phi) is 6.51. The summed E-state index contributed by atoms with van der Waals surface area (Å²) >= 11 is 0. The zero-order chi connectivity index (χ0) is 10.1. The van der Waals surface area contributed by atoms with Gasteiger partial charge in [0.25, 0.3) is 0 Å². The number of ether oxygens (including phenoxy) is 1. The Labute approximate surface area is 79.5 Å². The molecular formula is C10H16N2O. The minimum atomic E-state index is 0.576. The highest BCUT2D eigenvalue weighted by atomic mass is 16.5. The topological polar surface area (TPSA) is 34.0 Å². The van der Waals surface area contributed by atoms with E-state index in [1.165, 1.54) is 0 Å². The van der Waals surface area contributed by atoms with Gasteiger partial charge in [0, 0.05) is 19.0 Å². The minimum Gasteiger partial charge on any atom is -0.494 e. The molecule has 0 aromatic rings. The third-order valence-corrected chi connectivity index (χ3v) is 1.28. The summed E-state index contributed by atoms with van der Waals surface area (Å²) in [5.41, 5.74) is 0.763. The minimum absolute atomic E-state index is 0.576. The quantitative estimate of drug-likeness (QED) is 0.350. The fourth-order valence-corrected chi connectivity index (χ4v) is 0.723. The molecule has 0 aliphatic rings. The lowest BCUT2D eigenvalue weighted by Crippen LogP contribution is -1.96. The van der Waals surface area contributed by atoms with Gasteiger partial charge in [-0.05, 0) is 20.6 Å². The predicted molar refractivity (Wildman–Crippen MR) is 57.4 cm³/mol. The maximum Gasteiger partial charge on any atom is 0.122 e. The van der Waals surface area contributed by atoms with Crippen LogP contribution in [0.15, 0.2) is 34.1 Å². The third-order valence-electron chi connectivity index (χ3n) is 1.28. The first-order valence-electron chi connectivity index (χ1n) is 4.24. The molecule has 0 atom stereocenters. The van der Waals surface area contributed by atoms with Crippen LogP contribution in [0, 0.1) is 0 Å². The molecule has 0 spiro atoms. The molecule has 3 nitrogen and oxygen atoms in total. The summed E-state index contributed by atoms with van der Waals surface area (Å²) in [4.78, 5) is 7.72. The predicted octanol–water partition coefficient (Wildman–Crippen LogP) is 2.21. The summed E-state index contributed by atoms with van der Waals surface area (Å²) in [5.74, 6) is 0.576. The number of nitrogens with zero attached hydrogens (tertiary/aromatic N) is 2. The average molecular weight is 180 g/mol. The molecule has 0 saturated heterocycles. The maximum atomic E-state index is 5.21. The summed E-state index contributed by atoms with van der Waals surface area (Å²) in [6.07, 6.45) is 3.27. The molecule has 0 N–H and O–H groups in total. The highest BCUT2D eigenvalue weighted by molar-refractivity contribution is 5.83. The van der Waals surface area contributed by atoms with Crippen molar-refractivity contribution in [3.8, 4) is 0 Å². The van der Waals surface area contributed by atoms with Gasteiger partial charge in [0.15, 0.2) is 0 Å². The van der Waals surface area contributed by atoms with Crippen LogP contribution < -0.4 is 0 Å². The Balaban J connectivity index is 4.42. The summed E-state index contributed by atoms with van der Waals surface area (Å²) in [5, 5.41) is 0. The van der Waals surface area contributed by atoms with Crippen molar-refractivity contribution in [1.29, 1.82) is 0 Å². The van der Waals surface area contributed by atoms with Gasteiger partial charge in [0.05, 0.1) is 12.2 Å². The number of hydrogen-bond donors (Lipinski definition) is 0. The molecule has 0 radical (unpaired) electrons. The van der Waals surface area contributed by atoms with E-state index in [-0.39, 0.29) is 0 Å². The second-order valence-electron chi connectivity index (χ2n) is 2.25. The summed E-state index contributed by atoms with van der Waals surface area (Å²) in [6.45, 7) is 12.3. The Morgan fingerprint density at radius 1 is 1.46 bits per heavy atom. The number of aliphatic imine (C=N–C) groups is 2. The Morgan fingerprint density at radius 2 is 2.15 bits per heavy atom. The van der Waals surface area contributed by atoms with Crippen LogP contribution in [0.4, 0.5) is 0 Å². The van der Waals surface area contributed by atoms with Crippen LogP contribution >= 0.6 is 0 Å². The van der Waals surface area contributed by atoms with Crippen molar-refractivity contribution in [2.24, 2.45) is 9.98 Å². The molecule has 0 saturated carbocycles. The van der Waals surface area contributed by atoms with E-state index in [4.69, 9.17) is 4.74 Å². The second kappa shape index (κ2) is 7.28. The maximum absolute atomic E-state index is 5.21. The molecule has 3 heteroatoms. The lowest BCUT2D eigenvalue weighted by Gasteiger charge is -2.05. The van der Waals surface area contributed by atoms with Gasteiger partial charge in [-0.25, -0.2) is 0 Å². The lowest BCUT2D eigenvalue weighted by molar-refractivity contribution is 0.242. The first-order chi connectivity index (χ1) is 6.26. The van der Waals surface area contributed by atoms with Gasteiger partial charge in [0.1, 0.15) is 5.76 Å². The van der Waals surface area contributed by atoms with Gasteiger partial charge >= 0.3 is 0 Å². The van der Waals surface area contributed by atoms with Crippen molar-refractivity contribution in [2.45, 2.75) is 13.8 Å². The van der Waals surface area contributed by atoms with Gasteiger partial charge < -0.3 is 4.74 Å². The van der Waals surface area contributed by atoms with Gasteiger partial charge in [-0.2, -0.15) is 0 Å². The van der Waals surface area contributed by atoms with Gasteiger partial charge in [-0.15, -0.1) is 0 Å². The van der Waals surface area contributed by atoms with E-state index in [2.05, 4.69) is 23.3 Å². The van der Waals surface area contributed by atoms with Gasteiger partial charge in [-0.3, -0.25) is 9.98 Å². The molecule has 0 bridgehead atoms. The molecule has 0 rings (SSSR count). The van der Waals surface area contributed by atoms with Crippen LogP contribution in [0.2, 0.25) is 0 Å². The van der Waals surface area contributed by atoms with Crippen LogP contribution in [0.25, 0.3) is 0 Å². The molecule has 0 aromatic heterocycles. The highest BCUT2D eigenvalue weighted by Gasteiger charge is 1.98. The zero-order valence-electron chi connectivity index (χ0n) is 8.29. The van der Waals surface area contributed by atoms with Gasteiger partial charge in [0.2, 0.25) is 0 Å². The van der Waals surface area contributed by atoms with Gasteiger partial charge in [-0.1, -0.05) is 6.58 Å². The molecule has 13 heavy (non-hydrogen) atoms. The first-order valence-corrected chi connectivity index (χ1v) is 4.24. The van der Waals surface area contributed by atoms with Crippen LogP contribution in [0.3, 0.4) is 0 Å². The van der Waals surface area contributed by atoms with E-state index >= 15 is 0 Å². The van der Waals surface area contributed by atoms with E-state index in [1.54, 1.807) is 12.4 Å². The Morgan fingerprint density at radius 3 is 2.62 bits per heavy atom. The molecule has 72 valence electrons. The van der Waals surface area contributed by atoms with Crippen molar-refractivity contribution in [1.82, 2.24) is 0 Å². The molecule has 0 fully saturated rings. The molecule has 0 amide bonds. The third kappa shape index (κ3) is 4.95. The molecule has 0 heterocycles. The van der Waals surface area contributed by atoms with Crippen molar-refractivity contribution in [3.63, 3.8) is 0 Å². The normalized spacial score (nSPS) is 11.7. The summed E-state index contributed by atoms with van der Waals surface area (Å²) in [7, 11) is 0. The molecule has 0 unspecified atom stereocenters. The van der Waals surface area contributed by atoms with Crippen LogP contribution in [-0.2, 0) is 4.74 Å². The highest BCUT2D eigenvalue weighted by Crippen LogP contribution is 2.06. The Bertz CT molecular complexity index is 229. The largest absolute Gasteiger partial charge is 0.494 e. The zero-order valence-corrected chi connectivity index (χ0v) is 8.29. The fraction of sp³-hybridized carbons (Fsp3) is 0.400. The number of rotatable bonds is 6. The van der Waals surface area contributed by atoms with Crippen molar-refractivity contribution in [3.05, 3.63) is 24.1 Å². The molecular weight excluding hydrogens is 164 g/mol. The summed E-state index contributed by atoms with van der Waals surface area (Å²) < 4.78 is 5.21. The second-order valence-corrected chi connectivity index (χ2v) is 2.25. The monoisotopic (exact) mass is 180 g/mol. The van der Waals surface area contributed by atoms with E-state index in [9.17, 15) is 0 Å². The van der Waals surface area contributed by atoms with Crippen LogP contribution in [-0.4, -0.2) is 26.1 Å². The molecule has 0 aliphatic heterocycles. The van der Waals surface area contributed by atoms with Crippen LogP contribution in [0.5, 0.6) is 0 Å². The van der Waals surface area contributed by atoms with E-state index in [0.717, 1.165) is 12.1 Å². The number of hydrogen-bond acceptors (Lipinski definition) is 3. The van der Waals surface area contributed by atoms with Crippen molar-refractivity contribution < 1.29 is 4.74 Å². The smallest absolute Gasteiger partial charge is 0.122 e. The first kappa shape index (κ1) is 11.6. The van der Waals surface area contributed by atoms with E-state index < -0.39 is 0 Å². The SMILES string of the molecule is C=N/C=C(\C=NCC)C(=C)OCC. The fourth-order valence-electron chi connectivity index (χ4n) is 0.723. The van der Waals surface area contributed by atoms with E-state index in [1.807, 2.05) is 13.8 Å². The van der Waals surface area contributed by atoms with Crippen molar-refractivity contribution in [2.75, 3.05) is 13.2 Å².